The summed E-state index contributed by atoms with van der Waals surface area (Å²) in [7, 11) is 1.70. The van der Waals surface area contributed by atoms with E-state index < -0.39 is 0 Å². The van der Waals surface area contributed by atoms with Crippen LogP contribution in [0.4, 0.5) is 11.6 Å². The molecule has 7 nitrogen and oxygen atoms in total. The number of aromatic nitrogens is 2. The fraction of sp³-hybridized carbons (Fsp3) is 0.476. The molecular formula is C21H27N5O2. The molecular weight excluding hydrogens is 354 g/mol. The maximum Gasteiger partial charge on any atom is 0.254 e. The molecule has 2 heterocycles. The lowest BCUT2D eigenvalue weighted by molar-refractivity contribution is 0.0937. The quantitative estimate of drug-likeness (QED) is 0.858. The van der Waals surface area contributed by atoms with Gasteiger partial charge in [0, 0.05) is 44.6 Å². The van der Waals surface area contributed by atoms with Gasteiger partial charge in [-0.2, -0.15) is 0 Å². The second kappa shape index (κ2) is 8.46. The number of methoxy groups -OCH3 is 1. The van der Waals surface area contributed by atoms with Gasteiger partial charge in [0.25, 0.3) is 5.91 Å². The predicted molar refractivity (Wildman–Crippen MR) is 109 cm³/mol. The van der Waals surface area contributed by atoms with E-state index in [9.17, 15) is 4.79 Å². The molecule has 1 saturated heterocycles. The Labute approximate surface area is 165 Å². The van der Waals surface area contributed by atoms with Gasteiger partial charge in [0.2, 0.25) is 5.95 Å². The van der Waals surface area contributed by atoms with Gasteiger partial charge in [-0.1, -0.05) is 25.0 Å². The lowest BCUT2D eigenvalue weighted by Crippen LogP contribution is -2.47. The van der Waals surface area contributed by atoms with E-state index in [4.69, 9.17) is 4.74 Å². The van der Waals surface area contributed by atoms with Crippen LogP contribution in [0.2, 0.25) is 0 Å². The van der Waals surface area contributed by atoms with Crippen LogP contribution in [0, 0.1) is 0 Å². The van der Waals surface area contributed by atoms with E-state index in [0.717, 1.165) is 50.5 Å². The van der Waals surface area contributed by atoms with Crippen LogP contribution in [0.5, 0.6) is 5.75 Å². The highest BCUT2D eigenvalue weighted by Crippen LogP contribution is 2.28. The molecule has 2 aromatic rings. The maximum atomic E-state index is 12.3. The summed E-state index contributed by atoms with van der Waals surface area (Å²) in [6.45, 7) is 3.39. The molecule has 1 saturated carbocycles. The second-order valence-electron chi connectivity index (χ2n) is 7.37. The number of amides is 1. The molecule has 1 aliphatic heterocycles. The minimum atomic E-state index is -0.0700. The van der Waals surface area contributed by atoms with E-state index in [1.807, 2.05) is 18.2 Å². The molecule has 1 aromatic carbocycles. The zero-order valence-electron chi connectivity index (χ0n) is 16.3. The van der Waals surface area contributed by atoms with Gasteiger partial charge >= 0.3 is 0 Å². The third-order valence-electron chi connectivity index (χ3n) is 5.58. The molecule has 1 N–H and O–H groups in total. The number of nitrogens with one attached hydrogen (secondary N) is 1. The molecule has 0 unspecified atom stereocenters. The molecule has 0 spiro atoms. The van der Waals surface area contributed by atoms with Crippen molar-refractivity contribution >= 4 is 17.5 Å². The summed E-state index contributed by atoms with van der Waals surface area (Å²) in [4.78, 5) is 25.7. The summed E-state index contributed by atoms with van der Waals surface area (Å²) >= 11 is 0. The van der Waals surface area contributed by atoms with Gasteiger partial charge in [-0.25, -0.2) is 9.97 Å². The van der Waals surface area contributed by atoms with E-state index in [1.54, 1.807) is 19.5 Å². The number of nitrogens with zero attached hydrogens (tertiary/aromatic N) is 4. The summed E-state index contributed by atoms with van der Waals surface area (Å²) in [5.74, 6) is 1.50. The minimum absolute atomic E-state index is 0.0700. The molecule has 1 amide bonds. The van der Waals surface area contributed by atoms with Gasteiger partial charge in [-0.3, -0.25) is 4.79 Å². The van der Waals surface area contributed by atoms with E-state index in [1.165, 1.54) is 12.8 Å². The molecule has 28 heavy (non-hydrogen) atoms. The van der Waals surface area contributed by atoms with Crippen LogP contribution in [-0.2, 0) is 0 Å². The van der Waals surface area contributed by atoms with Crippen molar-refractivity contribution in [3.8, 4) is 5.75 Å². The van der Waals surface area contributed by atoms with E-state index >= 15 is 0 Å². The number of piperazine rings is 1. The van der Waals surface area contributed by atoms with Crippen LogP contribution < -0.4 is 19.9 Å². The number of anilines is 2. The number of benzene rings is 1. The van der Waals surface area contributed by atoms with Gasteiger partial charge in [0.05, 0.1) is 18.4 Å². The Morgan fingerprint density at radius 1 is 1.04 bits per heavy atom. The standard InChI is InChI=1S/C21H27N5O2/c1-28-19-9-5-4-8-18(19)25-10-12-26(13-11-25)21-22-14-16(15-23-21)20(27)24-17-6-2-3-7-17/h4-5,8-9,14-15,17H,2-3,6-7,10-13H2,1H3,(H,24,27). The van der Waals surface area contributed by atoms with E-state index in [-0.39, 0.29) is 5.91 Å². The third kappa shape index (κ3) is 4.03. The van der Waals surface area contributed by atoms with Crippen LogP contribution in [0.15, 0.2) is 36.7 Å². The highest BCUT2D eigenvalue weighted by molar-refractivity contribution is 5.93. The van der Waals surface area contributed by atoms with E-state index in [0.29, 0.717) is 17.6 Å². The van der Waals surface area contributed by atoms with Crippen molar-refractivity contribution in [2.45, 2.75) is 31.7 Å². The molecule has 0 radical (unpaired) electrons. The van der Waals surface area contributed by atoms with Gasteiger partial charge in [-0.15, -0.1) is 0 Å². The first kappa shape index (κ1) is 18.5. The fourth-order valence-corrected chi connectivity index (χ4v) is 3.98. The van der Waals surface area contributed by atoms with E-state index in [2.05, 4.69) is 31.2 Å². The van der Waals surface area contributed by atoms with Crippen molar-refractivity contribution in [2.75, 3.05) is 43.1 Å². The number of ether oxygens (including phenoxy) is 1. The smallest absolute Gasteiger partial charge is 0.254 e. The SMILES string of the molecule is COc1ccccc1N1CCN(c2ncc(C(=O)NC3CCCC3)cn2)CC1. The van der Waals surface area contributed by atoms with Crippen LogP contribution in [0.25, 0.3) is 0 Å². The highest BCUT2D eigenvalue weighted by Gasteiger charge is 2.22. The van der Waals surface area contributed by atoms with Crippen molar-refractivity contribution in [1.29, 1.82) is 0 Å². The number of rotatable bonds is 5. The molecule has 148 valence electrons. The minimum Gasteiger partial charge on any atom is -0.495 e. The lowest BCUT2D eigenvalue weighted by atomic mass is 10.2. The lowest BCUT2D eigenvalue weighted by Gasteiger charge is -2.36. The zero-order valence-corrected chi connectivity index (χ0v) is 16.3. The monoisotopic (exact) mass is 381 g/mol. The zero-order chi connectivity index (χ0) is 19.3. The normalized spacial score (nSPS) is 17.6. The van der Waals surface area contributed by atoms with Crippen molar-refractivity contribution in [3.63, 3.8) is 0 Å². The summed E-state index contributed by atoms with van der Waals surface area (Å²) < 4.78 is 5.48. The van der Waals surface area contributed by atoms with Crippen molar-refractivity contribution < 1.29 is 9.53 Å². The Balaban J connectivity index is 1.35. The molecule has 1 aromatic heterocycles. The topological polar surface area (TPSA) is 70.6 Å². The Hall–Kier alpha value is -2.83. The van der Waals surface area contributed by atoms with Gasteiger partial charge in [0.15, 0.2) is 0 Å². The average Bonchev–Trinajstić information content (AvgIpc) is 3.27. The highest BCUT2D eigenvalue weighted by atomic mass is 16.5. The molecule has 0 atom stereocenters. The third-order valence-corrected chi connectivity index (χ3v) is 5.58. The number of carbonyl (C=O) groups excluding carboxylic acids is 1. The van der Waals surface area contributed by atoms with Crippen molar-refractivity contribution in [2.24, 2.45) is 0 Å². The number of para-hydroxylation sites is 2. The molecule has 0 bridgehead atoms. The molecule has 1 aliphatic carbocycles. The van der Waals surface area contributed by atoms with Gasteiger partial charge in [0.1, 0.15) is 5.75 Å². The Morgan fingerprint density at radius 2 is 1.68 bits per heavy atom. The summed E-state index contributed by atoms with van der Waals surface area (Å²) in [6, 6.07) is 8.39. The van der Waals surface area contributed by atoms with Crippen molar-refractivity contribution in [1.82, 2.24) is 15.3 Å². The fourth-order valence-electron chi connectivity index (χ4n) is 3.98. The summed E-state index contributed by atoms with van der Waals surface area (Å²) in [6.07, 6.45) is 7.81. The Morgan fingerprint density at radius 3 is 2.36 bits per heavy atom. The first-order chi connectivity index (χ1) is 13.7. The average molecular weight is 381 g/mol. The van der Waals surface area contributed by atoms with Gasteiger partial charge in [-0.05, 0) is 25.0 Å². The van der Waals surface area contributed by atoms with Crippen LogP contribution in [0.3, 0.4) is 0 Å². The summed E-state index contributed by atoms with van der Waals surface area (Å²) in [5.41, 5.74) is 1.65. The molecule has 4 rings (SSSR count). The van der Waals surface area contributed by atoms with Crippen molar-refractivity contribution in [3.05, 3.63) is 42.2 Å². The van der Waals surface area contributed by atoms with Crippen LogP contribution in [0.1, 0.15) is 36.0 Å². The maximum absolute atomic E-state index is 12.3. The molecule has 7 heteroatoms. The number of hydrogen-bond donors (Lipinski definition) is 1. The number of hydrogen-bond acceptors (Lipinski definition) is 6. The van der Waals surface area contributed by atoms with Gasteiger partial charge < -0.3 is 19.9 Å². The molecule has 2 fully saturated rings. The second-order valence-corrected chi connectivity index (χ2v) is 7.37. The largest absolute Gasteiger partial charge is 0.495 e. The molecule has 2 aliphatic rings. The predicted octanol–water partition coefficient (Wildman–Crippen LogP) is 2.48. The first-order valence-corrected chi connectivity index (χ1v) is 10.0. The summed E-state index contributed by atoms with van der Waals surface area (Å²) in [5, 5.41) is 3.08. The first-order valence-electron chi connectivity index (χ1n) is 10.0. The number of carbonyl (C=O) groups is 1. The van der Waals surface area contributed by atoms with Crippen LogP contribution >= 0.6 is 0 Å². The Kier molecular flexibility index (Phi) is 5.60. The Bertz CT molecular complexity index is 797. The van der Waals surface area contributed by atoms with Crippen LogP contribution in [-0.4, -0.2) is 55.2 Å².